The van der Waals surface area contributed by atoms with Gasteiger partial charge in [-0.3, -0.25) is 9.78 Å². The zero-order chi connectivity index (χ0) is 25.5. The zero-order valence-electron chi connectivity index (χ0n) is 20.6. The van der Waals surface area contributed by atoms with Crippen LogP contribution in [0.15, 0.2) is 90.0 Å². The first-order chi connectivity index (χ1) is 17.4. The second kappa shape index (κ2) is 11.7. The molecule has 1 heterocycles. The third kappa shape index (κ3) is 6.24. The summed E-state index contributed by atoms with van der Waals surface area (Å²) in [6.07, 6.45) is 1.99. The maximum absolute atomic E-state index is 12.7. The van der Waals surface area contributed by atoms with Crippen LogP contribution in [0, 0.1) is 13.8 Å². The molecular weight excluding hydrogens is 470 g/mol. The highest BCUT2D eigenvalue weighted by Gasteiger charge is 2.13. The summed E-state index contributed by atoms with van der Waals surface area (Å²) in [5, 5.41) is 2.90. The van der Waals surface area contributed by atoms with Gasteiger partial charge in [-0.05, 0) is 72.5 Å². The summed E-state index contributed by atoms with van der Waals surface area (Å²) in [6, 6.07) is 25.5. The Morgan fingerprint density at radius 3 is 2.08 bits per heavy atom. The summed E-state index contributed by atoms with van der Waals surface area (Å²) >= 11 is 0. The molecule has 7 heteroatoms. The van der Waals surface area contributed by atoms with Gasteiger partial charge < -0.3 is 10.1 Å². The van der Waals surface area contributed by atoms with E-state index >= 15 is 0 Å². The number of benzene rings is 3. The summed E-state index contributed by atoms with van der Waals surface area (Å²) < 4.78 is 20.9. The third-order valence-electron chi connectivity index (χ3n) is 5.79. The largest absolute Gasteiger partial charge is 0.497 e. The molecule has 0 fully saturated rings. The van der Waals surface area contributed by atoms with E-state index in [9.17, 15) is 9.00 Å². The summed E-state index contributed by atoms with van der Waals surface area (Å²) in [6.45, 7) is 4.09. The van der Waals surface area contributed by atoms with Gasteiger partial charge in [0, 0.05) is 30.4 Å². The van der Waals surface area contributed by atoms with Crippen molar-refractivity contribution in [3.05, 3.63) is 96.2 Å². The number of ether oxygens (including phenoxy) is 1. The highest BCUT2D eigenvalue weighted by atomic mass is 32.2. The van der Waals surface area contributed by atoms with Crippen LogP contribution in [0.2, 0.25) is 0 Å². The highest BCUT2D eigenvalue weighted by molar-refractivity contribution is 7.83. The Morgan fingerprint density at radius 1 is 0.889 bits per heavy atom. The van der Waals surface area contributed by atoms with E-state index in [-0.39, 0.29) is 12.3 Å². The Bertz CT molecular complexity index is 1330. The molecule has 0 radical (unpaired) electrons. The van der Waals surface area contributed by atoms with Gasteiger partial charge in [0.05, 0.1) is 17.7 Å². The molecule has 4 aromatic rings. The van der Waals surface area contributed by atoms with Crippen molar-refractivity contribution in [2.45, 2.75) is 25.2 Å². The summed E-state index contributed by atoms with van der Waals surface area (Å²) in [7, 11) is 0.200. The number of anilines is 1. The predicted molar refractivity (Wildman–Crippen MR) is 145 cm³/mol. The summed E-state index contributed by atoms with van der Waals surface area (Å²) in [4.78, 5) is 17.5. The summed E-state index contributed by atoms with van der Waals surface area (Å²) in [5.41, 5.74) is 6.63. The smallest absolute Gasteiger partial charge is 0.225 e. The van der Waals surface area contributed by atoms with Gasteiger partial charge in [-0.1, -0.05) is 42.5 Å². The lowest BCUT2D eigenvalue weighted by Crippen LogP contribution is -2.24. The molecular formula is C29H29N3O3S. The molecule has 1 unspecified atom stereocenters. The first-order valence-corrected chi connectivity index (χ1v) is 12.8. The molecule has 2 N–H and O–H groups in total. The van der Waals surface area contributed by atoms with Crippen LogP contribution >= 0.6 is 0 Å². The molecule has 1 atom stereocenters. The van der Waals surface area contributed by atoms with E-state index in [1.54, 1.807) is 13.3 Å². The maximum Gasteiger partial charge on any atom is 0.225 e. The van der Waals surface area contributed by atoms with Crippen molar-refractivity contribution in [1.82, 2.24) is 9.71 Å². The molecule has 0 bridgehead atoms. The van der Waals surface area contributed by atoms with Crippen molar-refractivity contribution >= 4 is 22.6 Å². The number of hydrogen-bond acceptors (Lipinski definition) is 4. The molecule has 0 aliphatic rings. The number of nitrogens with zero attached hydrogens (tertiary/aromatic N) is 1. The molecule has 184 valence electrons. The van der Waals surface area contributed by atoms with Gasteiger partial charge in [0.15, 0.2) is 0 Å². The molecule has 0 saturated heterocycles. The predicted octanol–water partition coefficient (Wildman–Crippen LogP) is 5.68. The fraction of sp³-hybridized carbons (Fsp3) is 0.172. The number of methoxy groups -OCH3 is 1. The van der Waals surface area contributed by atoms with E-state index in [0.29, 0.717) is 6.54 Å². The van der Waals surface area contributed by atoms with Crippen LogP contribution in [-0.2, 0) is 15.8 Å². The number of amides is 1. The number of pyridine rings is 1. The topological polar surface area (TPSA) is 80.3 Å². The quantitative estimate of drug-likeness (QED) is 0.310. The van der Waals surface area contributed by atoms with E-state index < -0.39 is 11.0 Å². The van der Waals surface area contributed by atoms with Crippen molar-refractivity contribution in [3.8, 4) is 28.1 Å². The molecule has 1 aromatic heterocycles. The molecule has 6 nitrogen and oxygen atoms in total. The minimum atomic E-state index is -1.41. The molecule has 1 amide bonds. The zero-order valence-corrected chi connectivity index (χ0v) is 21.4. The standard InChI is InChI=1S/C29H29N3O3S/c1-20-18-26(35-3)19-21(2)29(20)36(34)31-17-15-28(33)32-25-13-11-23(12-14-25)22-7-9-24(10-8-22)27-6-4-5-16-30-27/h4-14,16,18-19,31H,15,17H2,1-3H3,(H,32,33). The van der Waals surface area contributed by atoms with Gasteiger partial charge in [0.2, 0.25) is 5.91 Å². The van der Waals surface area contributed by atoms with Crippen LogP contribution < -0.4 is 14.8 Å². The second-order valence-electron chi connectivity index (χ2n) is 8.42. The van der Waals surface area contributed by atoms with Crippen LogP contribution in [-0.4, -0.2) is 28.8 Å². The highest BCUT2D eigenvalue weighted by Crippen LogP contribution is 2.26. The Labute approximate surface area is 214 Å². The van der Waals surface area contributed by atoms with E-state index in [1.165, 1.54) is 0 Å². The lowest BCUT2D eigenvalue weighted by atomic mass is 10.0. The third-order valence-corrected chi connectivity index (χ3v) is 7.27. The molecule has 0 spiro atoms. The number of carbonyl (C=O) groups excluding carboxylic acids is 1. The Kier molecular flexibility index (Phi) is 8.25. The first kappa shape index (κ1) is 25.3. The lowest BCUT2D eigenvalue weighted by molar-refractivity contribution is -0.116. The number of hydrogen-bond donors (Lipinski definition) is 2. The molecule has 0 aliphatic heterocycles. The molecule has 0 saturated carbocycles. The van der Waals surface area contributed by atoms with Gasteiger partial charge in [0.25, 0.3) is 0 Å². The van der Waals surface area contributed by atoms with Gasteiger partial charge in [-0.2, -0.15) is 0 Å². The van der Waals surface area contributed by atoms with E-state index in [2.05, 4.69) is 39.3 Å². The Hall–Kier alpha value is -3.81. The van der Waals surface area contributed by atoms with Crippen LogP contribution in [0.25, 0.3) is 22.4 Å². The van der Waals surface area contributed by atoms with E-state index in [4.69, 9.17) is 4.74 Å². The van der Waals surface area contributed by atoms with Gasteiger partial charge in [0.1, 0.15) is 16.7 Å². The SMILES string of the molecule is COc1cc(C)c(S(=O)NCCC(=O)Nc2ccc(-c3ccc(-c4ccccn4)cc3)cc2)c(C)c1. The second-order valence-corrected chi connectivity index (χ2v) is 9.66. The van der Waals surface area contributed by atoms with Crippen molar-refractivity contribution < 1.29 is 13.7 Å². The van der Waals surface area contributed by atoms with Gasteiger partial charge >= 0.3 is 0 Å². The van der Waals surface area contributed by atoms with Crippen LogP contribution in [0.3, 0.4) is 0 Å². The average molecular weight is 500 g/mol. The first-order valence-electron chi connectivity index (χ1n) is 11.7. The maximum atomic E-state index is 12.7. The Balaban J connectivity index is 1.29. The number of rotatable bonds is 9. The van der Waals surface area contributed by atoms with E-state index in [1.807, 2.05) is 68.4 Å². The molecule has 36 heavy (non-hydrogen) atoms. The van der Waals surface area contributed by atoms with Crippen LogP contribution in [0.1, 0.15) is 17.5 Å². The van der Waals surface area contributed by atoms with Crippen molar-refractivity contribution in [3.63, 3.8) is 0 Å². The lowest BCUT2D eigenvalue weighted by Gasteiger charge is -2.12. The van der Waals surface area contributed by atoms with Crippen molar-refractivity contribution in [1.29, 1.82) is 0 Å². The van der Waals surface area contributed by atoms with E-state index in [0.717, 1.165) is 49.8 Å². The summed E-state index contributed by atoms with van der Waals surface area (Å²) in [5.74, 6) is 0.591. The number of aromatic nitrogens is 1. The van der Waals surface area contributed by atoms with Crippen LogP contribution in [0.4, 0.5) is 5.69 Å². The average Bonchev–Trinajstić information content (AvgIpc) is 2.89. The van der Waals surface area contributed by atoms with Crippen LogP contribution in [0.5, 0.6) is 5.75 Å². The fourth-order valence-corrected chi connectivity index (χ4v) is 5.12. The number of nitrogens with one attached hydrogen (secondary N) is 2. The molecule has 3 aromatic carbocycles. The van der Waals surface area contributed by atoms with Gasteiger partial charge in [-0.25, -0.2) is 8.93 Å². The number of aryl methyl sites for hydroxylation is 2. The van der Waals surface area contributed by atoms with Crippen molar-refractivity contribution in [2.75, 3.05) is 19.0 Å². The normalized spacial score (nSPS) is 11.6. The minimum absolute atomic E-state index is 0.143. The molecule has 4 rings (SSSR count). The monoisotopic (exact) mass is 499 g/mol. The van der Waals surface area contributed by atoms with Crippen molar-refractivity contribution in [2.24, 2.45) is 0 Å². The Morgan fingerprint density at radius 2 is 1.50 bits per heavy atom. The number of carbonyl (C=O) groups is 1. The minimum Gasteiger partial charge on any atom is -0.497 e. The fourth-order valence-electron chi connectivity index (χ4n) is 3.99. The molecule has 0 aliphatic carbocycles. The van der Waals surface area contributed by atoms with Gasteiger partial charge in [-0.15, -0.1) is 0 Å².